The third kappa shape index (κ3) is 6.07. The number of thioether (sulfide) groups is 1. The molecule has 1 saturated heterocycles. The lowest BCUT2D eigenvalue weighted by atomic mass is 10.2. The first-order chi connectivity index (χ1) is 12.8. The van der Waals surface area contributed by atoms with E-state index < -0.39 is 0 Å². The number of hydrogen-bond acceptors (Lipinski definition) is 4. The van der Waals surface area contributed by atoms with Gasteiger partial charge in [0.25, 0.3) is 5.91 Å². The molecule has 1 aliphatic heterocycles. The lowest BCUT2D eigenvalue weighted by Crippen LogP contribution is -2.24. The normalized spacial score (nSPS) is 16.4. The summed E-state index contributed by atoms with van der Waals surface area (Å²) in [6, 6.07) is 17.6. The van der Waals surface area contributed by atoms with Crippen LogP contribution in [0.5, 0.6) is 5.75 Å². The second-order valence-electron chi connectivity index (χ2n) is 6.24. The Bertz CT molecular complexity index is 669. The van der Waals surface area contributed by atoms with Gasteiger partial charge < -0.3 is 14.8 Å². The van der Waals surface area contributed by atoms with Gasteiger partial charge in [-0.25, -0.2) is 0 Å². The molecule has 2 aromatic rings. The molecular weight excluding hydrogens is 346 g/mol. The third-order valence-electron chi connectivity index (χ3n) is 4.19. The molecule has 26 heavy (non-hydrogen) atoms. The highest BCUT2D eigenvalue weighted by Gasteiger charge is 2.16. The smallest absolute Gasteiger partial charge is 0.251 e. The van der Waals surface area contributed by atoms with E-state index in [0.717, 1.165) is 37.4 Å². The number of amides is 1. The average Bonchev–Trinajstić information content (AvgIpc) is 3.21. The number of nitrogens with one attached hydrogen (secondary N) is 1. The predicted octanol–water partition coefficient (Wildman–Crippen LogP) is 4.16. The van der Waals surface area contributed by atoms with Crippen molar-refractivity contribution in [2.75, 3.05) is 25.5 Å². The van der Waals surface area contributed by atoms with E-state index in [-0.39, 0.29) is 12.0 Å². The van der Waals surface area contributed by atoms with Gasteiger partial charge in [0, 0.05) is 23.6 Å². The molecule has 0 radical (unpaired) electrons. The highest BCUT2D eigenvalue weighted by Crippen LogP contribution is 2.18. The van der Waals surface area contributed by atoms with Crippen LogP contribution in [0, 0.1) is 0 Å². The zero-order chi connectivity index (χ0) is 18.0. The van der Waals surface area contributed by atoms with E-state index in [9.17, 15) is 4.79 Å². The van der Waals surface area contributed by atoms with Crippen LogP contribution in [0.25, 0.3) is 0 Å². The fraction of sp³-hybridized carbons (Fsp3) is 0.381. The monoisotopic (exact) mass is 371 g/mol. The average molecular weight is 372 g/mol. The molecule has 3 rings (SSSR count). The molecular formula is C21H25NO3S. The van der Waals surface area contributed by atoms with E-state index in [1.807, 2.05) is 42.1 Å². The molecule has 0 saturated carbocycles. The number of ether oxygens (including phenoxy) is 2. The van der Waals surface area contributed by atoms with Crippen LogP contribution in [-0.4, -0.2) is 37.5 Å². The summed E-state index contributed by atoms with van der Waals surface area (Å²) in [5.74, 6) is 1.72. The van der Waals surface area contributed by atoms with E-state index in [4.69, 9.17) is 9.47 Å². The van der Waals surface area contributed by atoms with Gasteiger partial charge in [-0.2, -0.15) is 0 Å². The Balaban J connectivity index is 1.33. The second kappa shape index (κ2) is 10.2. The molecule has 1 amide bonds. The fourth-order valence-corrected chi connectivity index (χ4v) is 3.62. The van der Waals surface area contributed by atoms with Crippen LogP contribution in [0.15, 0.2) is 59.5 Å². The summed E-state index contributed by atoms with van der Waals surface area (Å²) in [5, 5.41) is 2.97. The highest BCUT2D eigenvalue weighted by atomic mass is 32.2. The Kier molecular flexibility index (Phi) is 7.40. The van der Waals surface area contributed by atoms with Crippen LogP contribution in [0.1, 0.15) is 29.6 Å². The molecule has 4 nitrogen and oxygen atoms in total. The van der Waals surface area contributed by atoms with Crippen molar-refractivity contribution in [1.82, 2.24) is 5.32 Å². The number of carbonyl (C=O) groups is 1. The summed E-state index contributed by atoms with van der Waals surface area (Å²) in [5.41, 5.74) is 0.658. The van der Waals surface area contributed by atoms with Crippen LogP contribution in [-0.2, 0) is 4.74 Å². The van der Waals surface area contributed by atoms with E-state index in [1.54, 1.807) is 12.1 Å². The van der Waals surface area contributed by atoms with Crippen LogP contribution in [0.3, 0.4) is 0 Å². The van der Waals surface area contributed by atoms with Crippen molar-refractivity contribution < 1.29 is 14.3 Å². The maximum absolute atomic E-state index is 12.2. The van der Waals surface area contributed by atoms with Gasteiger partial charge in [-0.3, -0.25) is 4.79 Å². The first kappa shape index (κ1) is 18.8. The zero-order valence-corrected chi connectivity index (χ0v) is 15.7. The second-order valence-corrected chi connectivity index (χ2v) is 7.41. The minimum absolute atomic E-state index is 0.0413. The summed E-state index contributed by atoms with van der Waals surface area (Å²) >= 11 is 1.81. The van der Waals surface area contributed by atoms with Gasteiger partial charge in [0.15, 0.2) is 0 Å². The van der Waals surface area contributed by atoms with Crippen LogP contribution < -0.4 is 10.1 Å². The Morgan fingerprint density at radius 1 is 1.15 bits per heavy atom. The van der Waals surface area contributed by atoms with Crippen molar-refractivity contribution in [2.24, 2.45) is 0 Å². The number of carbonyl (C=O) groups excluding carboxylic acids is 1. The van der Waals surface area contributed by atoms with Crippen molar-refractivity contribution in [2.45, 2.75) is 30.3 Å². The lowest BCUT2D eigenvalue weighted by molar-refractivity contribution is 0.0679. The van der Waals surface area contributed by atoms with Crippen molar-refractivity contribution in [3.63, 3.8) is 0 Å². The largest absolute Gasteiger partial charge is 0.491 e. The molecule has 1 atom stereocenters. The van der Waals surface area contributed by atoms with E-state index in [1.165, 1.54) is 4.90 Å². The third-order valence-corrected chi connectivity index (χ3v) is 5.29. The summed E-state index contributed by atoms with van der Waals surface area (Å²) in [6.07, 6.45) is 3.31. The molecule has 0 spiro atoms. The topological polar surface area (TPSA) is 47.6 Å². The molecule has 5 heteroatoms. The minimum Gasteiger partial charge on any atom is -0.491 e. The van der Waals surface area contributed by atoms with Gasteiger partial charge in [-0.15, -0.1) is 11.8 Å². The van der Waals surface area contributed by atoms with Crippen LogP contribution in [0.4, 0.5) is 0 Å². The van der Waals surface area contributed by atoms with Gasteiger partial charge in [0.2, 0.25) is 0 Å². The Hall–Kier alpha value is -1.98. The van der Waals surface area contributed by atoms with Gasteiger partial charge in [0.1, 0.15) is 12.4 Å². The lowest BCUT2D eigenvalue weighted by Gasteiger charge is -2.11. The number of hydrogen-bond donors (Lipinski definition) is 1. The van der Waals surface area contributed by atoms with E-state index in [2.05, 4.69) is 17.4 Å². The van der Waals surface area contributed by atoms with E-state index in [0.29, 0.717) is 18.7 Å². The maximum atomic E-state index is 12.2. The quantitative estimate of drug-likeness (QED) is 0.531. The van der Waals surface area contributed by atoms with Crippen molar-refractivity contribution in [1.29, 1.82) is 0 Å². The summed E-state index contributed by atoms with van der Waals surface area (Å²) < 4.78 is 11.3. The van der Waals surface area contributed by atoms with Gasteiger partial charge in [-0.05, 0) is 61.4 Å². The van der Waals surface area contributed by atoms with Gasteiger partial charge in [0.05, 0.1) is 6.10 Å². The predicted molar refractivity (Wildman–Crippen MR) is 105 cm³/mol. The summed E-state index contributed by atoms with van der Waals surface area (Å²) in [6.45, 7) is 2.08. The van der Waals surface area contributed by atoms with Gasteiger partial charge in [-0.1, -0.05) is 18.2 Å². The van der Waals surface area contributed by atoms with E-state index >= 15 is 0 Å². The highest BCUT2D eigenvalue weighted by molar-refractivity contribution is 7.99. The Labute approximate surface area is 159 Å². The molecule has 138 valence electrons. The molecule has 1 fully saturated rings. The SMILES string of the molecule is O=C(NCCCSc1ccccc1)c1ccc(OC[C@H]2CCCO2)cc1. The molecule has 0 aliphatic carbocycles. The molecule has 0 aromatic heterocycles. The Morgan fingerprint density at radius 2 is 1.96 bits per heavy atom. The van der Waals surface area contributed by atoms with Crippen LogP contribution in [0.2, 0.25) is 0 Å². The number of benzene rings is 2. The van der Waals surface area contributed by atoms with Crippen molar-refractivity contribution in [3.05, 3.63) is 60.2 Å². The molecule has 1 N–H and O–H groups in total. The standard InChI is InChI=1S/C21H25NO3S/c23-21(22-13-5-15-26-20-7-2-1-3-8-20)17-9-11-18(12-10-17)25-16-19-6-4-14-24-19/h1-3,7-12,19H,4-6,13-16H2,(H,22,23)/t19-/m1/s1. The van der Waals surface area contributed by atoms with Crippen molar-refractivity contribution >= 4 is 17.7 Å². The number of rotatable bonds is 9. The maximum Gasteiger partial charge on any atom is 0.251 e. The fourth-order valence-electron chi connectivity index (χ4n) is 2.75. The first-order valence-corrected chi connectivity index (χ1v) is 10.1. The van der Waals surface area contributed by atoms with Crippen molar-refractivity contribution in [3.8, 4) is 5.75 Å². The first-order valence-electron chi connectivity index (χ1n) is 9.12. The van der Waals surface area contributed by atoms with Crippen LogP contribution >= 0.6 is 11.8 Å². The molecule has 2 aromatic carbocycles. The summed E-state index contributed by atoms with van der Waals surface area (Å²) in [7, 11) is 0. The zero-order valence-electron chi connectivity index (χ0n) is 14.9. The summed E-state index contributed by atoms with van der Waals surface area (Å²) in [4.78, 5) is 13.4. The van der Waals surface area contributed by atoms with Gasteiger partial charge >= 0.3 is 0 Å². The molecule has 0 bridgehead atoms. The minimum atomic E-state index is -0.0413. The molecule has 0 unspecified atom stereocenters. The Morgan fingerprint density at radius 3 is 2.69 bits per heavy atom. The molecule has 1 heterocycles. The molecule has 1 aliphatic rings.